The third-order valence-corrected chi connectivity index (χ3v) is 2.65. The number of fused-ring (bicyclic) bond motifs is 1. The van der Waals surface area contributed by atoms with Gasteiger partial charge in [-0.25, -0.2) is 0 Å². The minimum absolute atomic E-state index is 0.0894. The highest BCUT2D eigenvalue weighted by Crippen LogP contribution is 2.37. The lowest BCUT2D eigenvalue weighted by Gasteiger charge is -2.27. The van der Waals surface area contributed by atoms with Crippen LogP contribution >= 0.6 is 0 Å². The summed E-state index contributed by atoms with van der Waals surface area (Å²) in [6, 6.07) is 0. The van der Waals surface area contributed by atoms with Gasteiger partial charge in [-0.3, -0.25) is 4.79 Å². The molecule has 1 aliphatic carbocycles. The van der Waals surface area contributed by atoms with E-state index in [4.69, 9.17) is 4.74 Å². The second kappa shape index (κ2) is 2.18. The highest BCUT2D eigenvalue weighted by atomic mass is 16.5. The standard InChI is InChI=1S/C9H12O2/c1-9-4-2-8(10)6-7(9)3-5-11-9/h6H,2-5H2,1H3/t9-/m1/s1. The lowest BCUT2D eigenvalue weighted by atomic mass is 9.84. The summed E-state index contributed by atoms with van der Waals surface area (Å²) in [5.74, 6) is 0.267. The smallest absolute Gasteiger partial charge is 0.155 e. The number of rotatable bonds is 0. The van der Waals surface area contributed by atoms with Crippen molar-refractivity contribution in [2.75, 3.05) is 6.61 Å². The van der Waals surface area contributed by atoms with E-state index in [9.17, 15) is 4.79 Å². The molecule has 2 nitrogen and oxygen atoms in total. The topological polar surface area (TPSA) is 26.3 Å². The van der Waals surface area contributed by atoms with Crippen LogP contribution in [0.4, 0.5) is 0 Å². The number of hydrogen-bond donors (Lipinski definition) is 0. The number of ether oxygens (including phenoxy) is 1. The SMILES string of the molecule is C[C@@]12CCC(=O)C=C1CCO2. The highest BCUT2D eigenvalue weighted by Gasteiger charge is 2.37. The predicted molar refractivity (Wildman–Crippen MR) is 41.3 cm³/mol. The van der Waals surface area contributed by atoms with Crippen molar-refractivity contribution in [2.45, 2.75) is 31.8 Å². The summed E-state index contributed by atoms with van der Waals surface area (Å²) in [6.07, 6.45) is 4.25. The van der Waals surface area contributed by atoms with Crippen molar-refractivity contribution in [3.8, 4) is 0 Å². The summed E-state index contributed by atoms with van der Waals surface area (Å²) >= 11 is 0. The summed E-state index contributed by atoms with van der Waals surface area (Å²) in [7, 11) is 0. The lowest BCUT2D eigenvalue weighted by molar-refractivity contribution is -0.116. The summed E-state index contributed by atoms with van der Waals surface area (Å²) < 4.78 is 5.57. The molecule has 1 fully saturated rings. The van der Waals surface area contributed by atoms with Crippen molar-refractivity contribution in [3.05, 3.63) is 11.6 Å². The maximum atomic E-state index is 11.0. The Balaban J connectivity index is 2.34. The van der Waals surface area contributed by atoms with Crippen molar-refractivity contribution in [1.82, 2.24) is 0 Å². The van der Waals surface area contributed by atoms with E-state index in [1.807, 2.05) is 0 Å². The first-order valence-electron chi connectivity index (χ1n) is 4.08. The van der Waals surface area contributed by atoms with Gasteiger partial charge in [-0.05, 0) is 31.4 Å². The summed E-state index contributed by atoms with van der Waals surface area (Å²) in [4.78, 5) is 11.0. The lowest BCUT2D eigenvalue weighted by Crippen LogP contribution is -2.29. The molecule has 0 spiro atoms. The van der Waals surface area contributed by atoms with E-state index in [-0.39, 0.29) is 11.4 Å². The fraction of sp³-hybridized carbons (Fsp3) is 0.667. The monoisotopic (exact) mass is 152 g/mol. The number of carbonyl (C=O) groups is 1. The zero-order chi connectivity index (χ0) is 7.90. The molecule has 0 saturated carbocycles. The maximum Gasteiger partial charge on any atom is 0.155 e. The molecule has 0 radical (unpaired) electrons. The number of ketones is 1. The predicted octanol–water partition coefficient (Wildman–Crippen LogP) is 1.45. The Labute approximate surface area is 66.2 Å². The van der Waals surface area contributed by atoms with Gasteiger partial charge in [0.25, 0.3) is 0 Å². The van der Waals surface area contributed by atoms with Gasteiger partial charge in [0.1, 0.15) is 0 Å². The molecule has 0 aromatic heterocycles. The van der Waals surface area contributed by atoms with Crippen LogP contribution in [0.3, 0.4) is 0 Å². The molecule has 0 bridgehead atoms. The van der Waals surface area contributed by atoms with Gasteiger partial charge in [0.2, 0.25) is 0 Å². The molecule has 0 amide bonds. The van der Waals surface area contributed by atoms with Crippen LogP contribution in [-0.4, -0.2) is 18.0 Å². The number of allylic oxidation sites excluding steroid dienone is 1. The Morgan fingerprint density at radius 3 is 3.18 bits per heavy atom. The molecule has 2 aliphatic rings. The van der Waals surface area contributed by atoms with E-state index >= 15 is 0 Å². The molecule has 2 heteroatoms. The van der Waals surface area contributed by atoms with E-state index in [2.05, 4.69) is 6.92 Å². The Morgan fingerprint density at radius 2 is 2.36 bits per heavy atom. The van der Waals surface area contributed by atoms with Gasteiger partial charge in [0, 0.05) is 6.42 Å². The first-order valence-corrected chi connectivity index (χ1v) is 4.08. The van der Waals surface area contributed by atoms with Gasteiger partial charge in [0.05, 0.1) is 12.2 Å². The van der Waals surface area contributed by atoms with Crippen molar-refractivity contribution in [3.63, 3.8) is 0 Å². The second-order valence-electron chi connectivity index (χ2n) is 3.47. The van der Waals surface area contributed by atoms with Crippen molar-refractivity contribution in [2.24, 2.45) is 0 Å². The largest absolute Gasteiger partial charge is 0.371 e. The molecule has 11 heavy (non-hydrogen) atoms. The molecule has 1 atom stereocenters. The third kappa shape index (κ3) is 1.02. The Kier molecular flexibility index (Phi) is 1.39. The first-order chi connectivity index (χ1) is 5.21. The van der Waals surface area contributed by atoms with E-state index in [0.29, 0.717) is 6.42 Å². The van der Waals surface area contributed by atoms with Crippen molar-refractivity contribution >= 4 is 5.78 Å². The van der Waals surface area contributed by atoms with Crippen LogP contribution in [-0.2, 0) is 9.53 Å². The zero-order valence-corrected chi connectivity index (χ0v) is 6.72. The first kappa shape index (κ1) is 7.04. The fourth-order valence-electron chi connectivity index (χ4n) is 1.83. The second-order valence-corrected chi connectivity index (χ2v) is 3.47. The van der Waals surface area contributed by atoms with Gasteiger partial charge in [-0.15, -0.1) is 0 Å². The van der Waals surface area contributed by atoms with Gasteiger partial charge in [-0.2, -0.15) is 0 Å². The van der Waals surface area contributed by atoms with Crippen LogP contribution in [0.15, 0.2) is 11.6 Å². The van der Waals surface area contributed by atoms with E-state index in [0.717, 1.165) is 19.4 Å². The molecule has 0 unspecified atom stereocenters. The van der Waals surface area contributed by atoms with E-state index < -0.39 is 0 Å². The summed E-state index contributed by atoms with van der Waals surface area (Å²) in [6.45, 7) is 2.87. The van der Waals surface area contributed by atoms with Crippen LogP contribution in [0.2, 0.25) is 0 Å². The molecule has 0 N–H and O–H groups in total. The fourth-order valence-corrected chi connectivity index (χ4v) is 1.83. The Bertz CT molecular complexity index is 230. The van der Waals surface area contributed by atoms with Crippen LogP contribution < -0.4 is 0 Å². The number of hydrogen-bond acceptors (Lipinski definition) is 2. The molecule has 0 aromatic rings. The summed E-state index contributed by atoms with van der Waals surface area (Å²) in [5, 5.41) is 0. The third-order valence-electron chi connectivity index (χ3n) is 2.65. The van der Waals surface area contributed by atoms with Crippen LogP contribution in [0.25, 0.3) is 0 Å². The van der Waals surface area contributed by atoms with Crippen LogP contribution in [0, 0.1) is 0 Å². The molecule has 1 heterocycles. The molecule has 60 valence electrons. The molecule has 0 aromatic carbocycles. The van der Waals surface area contributed by atoms with Gasteiger partial charge < -0.3 is 4.74 Å². The van der Waals surface area contributed by atoms with Gasteiger partial charge in [0.15, 0.2) is 5.78 Å². The average Bonchev–Trinajstić information content (AvgIpc) is 2.31. The number of carbonyl (C=O) groups excluding carboxylic acids is 1. The molecule has 1 aliphatic heterocycles. The Hall–Kier alpha value is -0.630. The Morgan fingerprint density at radius 1 is 1.55 bits per heavy atom. The van der Waals surface area contributed by atoms with Crippen molar-refractivity contribution in [1.29, 1.82) is 0 Å². The van der Waals surface area contributed by atoms with Crippen LogP contribution in [0.5, 0.6) is 0 Å². The summed E-state index contributed by atoms with van der Waals surface area (Å²) in [5.41, 5.74) is 1.11. The quantitative estimate of drug-likeness (QED) is 0.525. The molecular weight excluding hydrogens is 140 g/mol. The van der Waals surface area contributed by atoms with E-state index in [1.54, 1.807) is 6.08 Å². The van der Waals surface area contributed by atoms with Gasteiger partial charge >= 0.3 is 0 Å². The van der Waals surface area contributed by atoms with Crippen molar-refractivity contribution < 1.29 is 9.53 Å². The normalized spacial score (nSPS) is 36.8. The van der Waals surface area contributed by atoms with E-state index in [1.165, 1.54) is 5.57 Å². The zero-order valence-electron chi connectivity index (χ0n) is 6.72. The van der Waals surface area contributed by atoms with Crippen LogP contribution in [0.1, 0.15) is 26.2 Å². The highest BCUT2D eigenvalue weighted by molar-refractivity contribution is 5.91. The van der Waals surface area contributed by atoms with Gasteiger partial charge in [-0.1, -0.05) is 0 Å². The maximum absolute atomic E-state index is 11.0. The average molecular weight is 152 g/mol. The minimum Gasteiger partial charge on any atom is -0.371 e. The minimum atomic E-state index is -0.0894. The molecule has 1 saturated heterocycles. The molecule has 2 rings (SSSR count). The molecular formula is C9H12O2.